The van der Waals surface area contributed by atoms with Gasteiger partial charge in [0.05, 0.1) is 5.69 Å². The monoisotopic (exact) mass is 275 g/mol. The highest BCUT2D eigenvalue weighted by Gasteiger charge is 2.16. The Morgan fingerprint density at radius 3 is 2.70 bits per heavy atom. The van der Waals surface area contributed by atoms with E-state index in [1.807, 2.05) is 14.0 Å². The largest absolute Gasteiger partial charge is 0.369 e. The molecule has 1 aliphatic rings. The van der Waals surface area contributed by atoms with Gasteiger partial charge in [-0.05, 0) is 38.8 Å². The van der Waals surface area contributed by atoms with Crippen molar-refractivity contribution in [2.75, 3.05) is 31.5 Å². The lowest BCUT2D eigenvalue weighted by Crippen LogP contribution is -2.35. The Bertz CT molecular complexity index is 479. The molecule has 0 aliphatic carbocycles. The Labute approximate surface area is 121 Å². The second kappa shape index (κ2) is 6.76. The van der Waals surface area contributed by atoms with Crippen LogP contribution in [0.3, 0.4) is 0 Å². The minimum absolute atomic E-state index is 0.565. The van der Waals surface area contributed by atoms with E-state index in [0.717, 1.165) is 24.6 Å². The van der Waals surface area contributed by atoms with Crippen LogP contribution < -0.4 is 5.32 Å². The van der Waals surface area contributed by atoms with Crippen molar-refractivity contribution < 1.29 is 0 Å². The zero-order chi connectivity index (χ0) is 14.5. The molecule has 20 heavy (non-hydrogen) atoms. The number of anilines is 1. The summed E-state index contributed by atoms with van der Waals surface area (Å²) >= 11 is 0. The topological polar surface area (TPSA) is 56.9 Å². The van der Waals surface area contributed by atoms with E-state index >= 15 is 0 Å². The zero-order valence-corrected chi connectivity index (χ0v) is 12.8. The van der Waals surface area contributed by atoms with Gasteiger partial charge in [-0.3, -0.25) is 4.68 Å². The molecule has 1 atom stereocenters. The number of aromatic nitrogens is 2. The van der Waals surface area contributed by atoms with E-state index in [-0.39, 0.29) is 0 Å². The van der Waals surface area contributed by atoms with Crippen molar-refractivity contribution in [3.63, 3.8) is 0 Å². The number of hydrogen-bond donors (Lipinski definition) is 1. The molecule has 2 heterocycles. The average Bonchev–Trinajstić information content (AvgIpc) is 2.71. The van der Waals surface area contributed by atoms with E-state index in [1.54, 1.807) is 4.68 Å². The van der Waals surface area contributed by atoms with Crippen molar-refractivity contribution in [3.8, 4) is 6.07 Å². The van der Waals surface area contributed by atoms with Crippen molar-refractivity contribution in [1.29, 1.82) is 5.26 Å². The summed E-state index contributed by atoms with van der Waals surface area (Å²) in [5.41, 5.74) is 1.46. The molecule has 1 saturated heterocycles. The Morgan fingerprint density at radius 2 is 2.05 bits per heavy atom. The van der Waals surface area contributed by atoms with Crippen LogP contribution in [0.25, 0.3) is 0 Å². The number of nitriles is 1. The first-order valence-corrected chi connectivity index (χ1v) is 7.51. The van der Waals surface area contributed by atoms with Gasteiger partial charge < -0.3 is 10.2 Å². The molecule has 1 aromatic rings. The summed E-state index contributed by atoms with van der Waals surface area (Å²) in [6, 6.07) is 2.23. The molecule has 0 saturated carbocycles. The lowest BCUT2D eigenvalue weighted by molar-refractivity contribution is 0.204. The highest BCUT2D eigenvalue weighted by atomic mass is 15.3. The van der Waals surface area contributed by atoms with E-state index in [9.17, 15) is 5.26 Å². The average molecular weight is 275 g/mol. The minimum atomic E-state index is 0.565. The van der Waals surface area contributed by atoms with Crippen LogP contribution in [0.4, 0.5) is 5.82 Å². The van der Waals surface area contributed by atoms with Crippen molar-refractivity contribution >= 4 is 5.82 Å². The van der Waals surface area contributed by atoms with E-state index in [2.05, 4.69) is 28.3 Å². The van der Waals surface area contributed by atoms with Crippen LogP contribution in [-0.2, 0) is 7.05 Å². The quantitative estimate of drug-likeness (QED) is 0.894. The van der Waals surface area contributed by atoms with Crippen molar-refractivity contribution in [3.05, 3.63) is 11.3 Å². The third-order valence-corrected chi connectivity index (χ3v) is 3.97. The third kappa shape index (κ3) is 3.51. The standard InChI is InChI=1S/C15H25N5/c1-12(11-20-7-5-4-6-8-20)10-17-15-14(9-16)13(2)18-19(15)3/h12,17H,4-8,10-11H2,1-3H3. The fourth-order valence-electron chi connectivity index (χ4n) is 2.91. The smallest absolute Gasteiger partial charge is 0.142 e. The molecule has 1 N–H and O–H groups in total. The fourth-order valence-corrected chi connectivity index (χ4v) is 2.91. The predicted octanol–water partition coefficient (Wildman–Crippen LogP) is 2.13. The third-order valence-electron chi connectivity index (χ3n) is 3.97. The van der Waals surface area contributed by atoms with Crippen LogP contribution in [0.5, 0.6) is 0 Å². The summed E-state index contributed by atoms with van der Waals surface area (Å²) < 4.78 is 1.77. The number of nitrogens with zero attached hydrogens (tertiary/aromatic N) is 4. The molecule has 1 fully saturated rings. The van der Waals surface area contributed by atoms with Gasteiger partial charge in [0, 0.05) is 20.1 Å². The summed E-state index contributed by atoms with van der Waals surface area (Å²) in [6.07, 6.45) is 4.04. The van der Waals surface area contributed by atoms with Crippen LogP contribution >= 0.6 is 0 Å². The highest BCUT2D eigenvalue weighted by molar-refractivity contribution is 5.54. The molecule has 1 aromatic heterocycles. The number of rotatable bonds is 5. The van der Waals surface area contributed by atoms with Gasteiger partial charge in [-0.25, -0.2) is 0 Å². The van der Waals surface area contributed by atoms with Gasteiger partial charge in [-0.15, -0.1) is 0 Å². The molecule has 0 amide bonds. The number of hydrogen-bond acceptors (Lipinski definition) is 4. The Kier molecular flexibility index (Phi) is 5.02. The van der Waals surface area contributed by atoms with Gasteiger partial charge in [0.25, 0.3) is 0 Å². The molecule has 1 unspecified atom stereocenters. The molecule has 0 aromatic carbocycles. The first kappa shape index (κ1) is 14.9. The minimum Gasteiger partial charge on any atom is -0.369 e. The van der Waals surface area contributed by atoms with Crippen LogP contribution in [-0.4, -0.2) is 40.9 Å². The van der Waals surface area contributed by atoms with E-state index in [4.69, 9.17) is 0 Å². The molecule has 5 heteroatoms. The van der Waals surface area contributed by atoms with Gasteiger partial charge in [0.1, 0.15) is 17.5 Å². The number of nitrogens with one attached hydrogen (secondary N) is 1. The summed E-state index contributed by atoms with van der Waals surface area (Å²) in [5, 5.41) is 16.9. The molecule has 0 bridgehead atoms. The van der Waals surface area contributed by atoms with Crippen LogP contribution in [0.15, 0.2) is 0 Å². The maximum Gasteiger partial charge on any atom is 0.142 e. The molecule has 2 rings (SSSR count). The summed E-state index contributed by atoms with van der Waals surface area (Å²) in [4.78, 5) is 2.55. The summed E-state index contributed by atoms with van der Waals surface area (Å²) in [5.74, 6) is 1.41. The SMILES string of the molecule is Cc1nn(C)c(NCC(C)CN2CCCCC2)c1C#N. The van der Waals surface area contributed by atoms with Gasteiger partial charge in [0.2, 0.25) is 0 Å². The normalized spacial score (nSPS) is 17.7. The van der Waals surface area contributed by atoms with Gasteiger partial charge in [-0.1, -0.05) is 13.3 Å². The van der Waals surface area contributed by atoms with Gasteiger partial charge >= 0.3 is 0 Å². The molecule has 5 nitrogen and oxygen atoms in total. The zero-order valence-electron chi connectivity index (χ0n) is 12.8. The number of piperidine rings is 1. The summed E-state index contributed by atoms with van der Waals surface area (Å²) in [6.45, 7) is 8.62. The highest BCUT2D eigenvalue weighted by Crippen LogP contribution is 2.18. The Hall–Kier alpha value is -1.54. The molecule has 0 spiro atoms. The first-order valence-electron chi connectivity index (χ1n) is 7.51. The van der Waals surface area contributed by atoms with Crippen molar-refractivity contribution in [1.82, 2.24) is 14.7 Å². The maximum atomic E-state index is 9.19. The maximum absolute atomic E-state index is 9.19. The van der Waals surface area contributed by atoms with Crippen molar-refractivity contribution in [2.45, 2.75) is 33.1 Å². The molecular formula is C15H25N5. The Morgan fingerprint density at radius 1 is 1.35 bits per heavy atom. The first-order chi connectivity index (χ1) is 9.61. The van der Waals surface area contributed by atoms with Gasteiger partial charge in [-0.2, -0.15) is 10.4 Å². The second-order valence-electron chi connectivity index (χ2n) is 5.89. The van der Waals surface area contributed by atoms with E-state index in [0.29, 0.717) is 11.5 Å². The lowest BCUT2D eigenvalue weighted by atomic mass is 10.1. The van der Waals surface area contributed by atoms with Crippen molar-refractivity contribution in [2.24, 2.45) is 13.0 Å². The van der Waals surface area contributed by atoms with Gasteiger partial charge in [0.15, 0.2) is 0 Å². The predicted molar refractivity (Wildman–Crippen MR) is 80.6 cm³/mol. The molecule has 0 radical (unpaired) electrons. The fraction of sp³-hybridized carbons (Fsp3) is 0.733. The van der Waals surface area contributed by atoms with E-state index in [1.165, 1.54) is 32.4 Å². The molecule has 1 aliphatic heterocycles. The molecule has 110 valence electrons. The molecular weight excluding hydrogens is 250 g/mol. The van der Waals surface area contributed by atoms with E-state index < -0.39 is 0 Å². The van der Waals surface area contributed by atoms with Crippen LogP contribution in [0, 0.1) is 24.2 Å². The number of aryl methyl sites for hydroxylation is 2. The number of likely N-dealkylation sites (tertiary alicyclic amines) is 1. The Balaban J connectivity index is 1.87. The lowest BCUT2D eigenvalue weighted by Gasteiger charge is -2.29. The van der Waals surface area contributed by atoms with Crippen LogP contribution in [0.1, 0.15) is 37.4 Å². The van der Waals surface area contributed by atoms with Crippen LogP contribution in [0.2, 0.25) is 0 Å². The second-order valence-corrected chi connectivity index (χ2v) is 5.89. The summed E-state index contributed by atoms with van der Waals surface area (Å²) in [7, 11) is 1.88.